The first-order chi connectivity index (χ1) is 10.7. The van der Waals surface area contributed by atoms with Gasteiger partial charge < -0.3 is 0 Å². The van der Waals surface area contributed by atoms with Crippen LogP contribution in [0.4, 0.5) is 0 Å². The molecule has 0 aromatic rings. The molecule has 0 bridgehead atoms. The Bertz CT molecular complexity index is 387. The molecular formula is C18H34N4. The average molecular weight is 306 g/mol. The first-order valence-electron chi connectivity index (χ1n) is 9.61. The van der Waals surface area contributed by atoms with Gasteiger partial charge in [-0.15, -0.1) is 0 Å². The van der Waals surface area contributed by atoms with E-state index in [9.17, 15) is 0 Å². The van der Waals surface area contributed by atoms with Crippen LogP contribution in [0.3, 0.4) is 0 Å². The summed E-state index contributed by atoms with van der Waals surface area (Å²) in [6.45, 7) is 8.02. The highest BCUT2D eigenvalue weighted by molar-refractivity contribution is 4.94. The Labute approximate surface area is 136 Å². The molecular weight excluding hydrogens is 272 g/mol. The minimum Gasteiger partial charge on any atom is -0.291 e. The summed E-state index contributed by atoms with van der Waals surface area (Å²) in [4.78, 5) is 10.9. The van der Waals surface area contributed by atoms with Crippen molar-refractivity contribution in [1.82, 2.24) is 19.6 Å². The molecule has 4 aliphatic heterocycles. The smallest absolute Gasteiger partial charge is 0.0623 e. The van der Waals surface area contributed by atoms with E-state index in [1.54, 1.807) is 0 Å². The maximum atomic E-state index is 2.82. The van der Waals surface area contributed by atoms with Gasteiger partial charge in [0.1, 0.15) is 0 Å². The van der Waals surface area contributed by atoms with Gasteiger partial charge in [0, 0.05) is 32.7 Å². The zero-order valence-corrected chi connectivity index (χ0v) is 14.6. The summed E-state index contributed by atoms with van der Waals surface area (Å²) < 4.78 is 0. The second-order valence-electron chi connectivity index (χ2n) is 8.33. The van der Waals surface area contributed by atoms with E-state index >= 15 is 0 Å². The second kappa shape index (κ2) is 6.39. The molecule has 4 aliphatic rings. The van der Waals surface area contributed by atoms with E-state index in [0.717, 1.165) is 24.2 Å². The molecule has 4 unspecified atom stereocenters. The van der Waals surface area contributed by atoms with Crippen molar-refractivity contribution in [1.29, 1.82) is 0 Å². The molecule has 4 heteroatoms. The van der Waals surface area contributed by atoms with Gasteiger partial charge in [0.2, 0.25) is 0 Å². The largest absolute Gasteiger partial charge is 0.291 e. The van der Waals surface area contributed by atoms with Gasteiger partial charge in [0.15, 0.2) is 0 Å². The predicted octanol–water partition coefficient (Wildman–Crippen LogP) is 1.73. The van der Waals surface area contributed by atoms with Crippen LogP contribution in [0, 0.1) is 11.8 Å². The zero-order chi connectivity index (χ0) is 15.1. The Hall–Kier alpha value is -0.160. The molecule has 0 amide bonds. The van der Waals surface area contributed by atoms with Gasteiger partial charge in [0.05, 0.1) is 12.3 Å². The molecule has 4 rings (SSSR count). The summed E-state index contributed by atoms with van der Waals surface area (Å²) in [7, 11) is 4.71. The first kappa shape index (κ1) is 15.4. The van der Waals surface area contributed by atoms with E-state index < -0.39 is 0 Å². The van der Waals surface area contributed by atoms with Crippen LogP contribution < -0.4 is 0 Å². The Morgan fingerprint density at radius 1 is 0.636 bits per heavy atom. The van der Waals surface area contributed by atoms with Crippen molar-refractivity contribution < 1.29 is 0 Å². The highest BCUT2D eigenvalue weighted by atomic mass is 15.4. The summed E-state index contributed by atoms with van der Waals surface area (Å²) in [5.74, 6) is 1.80. The Morgan fingerprint density at radius 3 is 2.27 bits per heavy atom. The Balaban J connectivity index is 1.43. The second-order valence-corrected chi connectivity index (χ2v) is 8.33. The number of hydrogen-bond acceptors (Lipinski definition) is 4. The molecule has 4 nitrogen and oxygen atoms in total. The van der Waals surface area contributed by atoms with Crippen LogP contribution in [-0.4, -0.2) is 85.3 Å². The molecule has 0 N–H and O–H groups in total. The van der Waals surface area contributed by atoms with Gasteiger partial charge >= 0.3 is 0 Å². The van der Waals surface area contributed by atoms with E-state index in [-0.39, 0.29) is 0 Å². The SMILES string of the molecule is CN1CCCN2CC(C3CN(C)C4CCCCCN4C3)CC12. The van der Waals surface area contributed by atoms with Crippen molar-refractivity contribution in [3.63, 3.8) is 0 Å². The van der Waals surface area contributed by atoms with Crippen LogP contribution in [0.25, 0.3) is 0 Å². The summed E-state index contributed by atoms with van der Waals surface area (Å²) in [6, 6.07) is 0. The van der Waals surface area contributed by atoms with E-state index in [4.69, 9.17) is 0 Å². The Morgan fingerprint density at radius 2 is 1.41 bits per heavy atom. The van der Waals surface area contributed by atoms with Crippen molar-refractivity contribution in [2.45, 2.75) is 50.9 Å². The van der Waals surface area contributed by atoms with Crippen LogP contribution in [0.15, 0.2) is 0 Å². The molecule has 4 fully saturated rings. The molecule has 0 aromatic carbocycles. The molecule has 0 aromatic heterocycles. The number of nitrogens with zero attached hydrogens (tertiary/aromatic N) is 4. The molecule has 0 spiro atoms. The van der Waals surface area contributed by atoms with Crippen LogP contribution in [0.2, 0.25) is 0 Å². The van der Waals surface area contributed by atoms with E-state index in [1.165, 1.54) is 77.8 Å². The van der Waals surface area contributed by atoms with Gasteiger partial charge in [-0.25, -0.2) is 0 Å². The molecule has 4 atom stereocenters. The summed E-state index contributed by atoms with van der Waals surface area (Å²) >= 11 is 0. The summed E-state index contributed by atoms with van der Waals surface area (Å²) in [5, 5.41) is 0. The zero-order valence-electron chi connectivity index (χ0n) is 14.6. The Kier molecular flexibility index (Phi) is 4.46. The summed E-state index contributed by atoms with van der Waals surface area (Å²) in [6.07, 6.45) is 9.93. The van der Waals surface area contributed by atoms with Gasteiger partial charge in [-0.05, 0) is 58.2 Å². The van der Waals surface area contributed by atoms with Gasteiger partial charge in [-0.1, -0.05) is 12.8 Å². The fourth-order valence-corrected chi connectivity index (χ4v) is 5.64. The lowest BCUT2D eigenvalue weighted by Gasteiger charge is -2.46. The maximum Gasteiger partial charge on any atom is 0.0623 e. The van der Waals surface area contributed by atoms with Crippen molar-refractivity contribution in [3.8, 4) is 0 Å². The summed E-state index contributed by atoms with van der Waals surface area (Å²) in [5.41, 5.74) is 0. The number of fused-ring (bicyclic) bond motifs is 2. The highest BCUT2D eigenvalue weighted by Crippen LogP contribution is 2.36. The topological polar surface area (TPSA) is 13.0 Å². The van der Waals surface area contributed by atoms with E-state index in [1.807, 2.05) is 0 Å². The third-order valence-electron chi connectivity index (χ3n) is 6.87. The van der Waals surface area contributed by atoms with Crippen molar-refractivity contribution >= 4 is 0 Å². The van der Waals surface area contributed by atoms with E-state index in [2.05, 4.69) is 33.7 Å². The van der Waals surface area contributed by atoms with Gasteiger partial charge in [0.25, 0.3) is 0 Å². The monoisotopic (exact) mass is 306 g/mol. The molecule has 22 heavy (non-hydrogen) atoms. The minimum absolute atomic E-state index is 0.741. The lowest BCUT2D eigenvalue weighted by molar-refractivity contribution is -0.0219. The standard InChI is InChI=1S/C18H34N4/c1-19-8-6-10-22-13-15(11-18(19)22)16-12-20(2)17-7-4-3-5-9-21(17)14-16/h15-18H,3-14H2,1-2H3. The molecule has 0 saturated carbocycles. The fourth-order valence-electron chi connectivity index (χ4n) is 5.64. The van der Waals surface area contributed by atoms with Crippen LogP contribution in [0.5, 0.6) is 0 Å². The van der Waals surface area contributed by atoms with Crippen molar-refractivity contribution in [3.05, 3.63) is 0 Å². The first-order valence-corrected chi connectivity index (χ1v) is 9.61. The van der Waals surface area contributed by atoms with E-state index in [0.29, 0.717) is 0 Å². The normalized spacial score (nSPS) is 42.8. The number of rotatable bonds is 1. The molecule has 126 valence electrons. The average Bonchev–Trinajstić information content (AvgIpc) is 2.80. The highest BCUT2D eigenvalue weighted by Gasteiger charge is 2.43. The van der Waals surface area contributed by atoms with Crippen molar-refractivity contribution in [2.75, 3.05) is 53.4 Å². The van der Waals surface area contributed by atoms with Crippen LogP contribution >= 0.6 is 0 Å². The van der Waals surface area contributed by atoms with Gasteiger partial charge in [-0.3, -0.25) is 19.6 Å². The predicted molar refractivity (Wildman–Crippen MR) is 90.7 cm³/mol. The third kappa shape index (κ3) is 2.83. The molecule has 0 radical (unpaired) electrons. The lowest BCUT2D eigenvalue weighted by atomic mass is 9.87. The maximum absolute atomic E-state index is 2.82. The fraction of sp³-hybridized carbons (Fsp3) is 1.00. The molecule has 0 aliphatic carbocycles. The number of hydrogen-bond donors (Lipinski definition) is 0. The van der Waals surface area contributed by atoms with Crippen molar-refractivity contribution in [2.24, 2.45) is 11.8 Å². The third-order valence-corrected chi connectivity index (χ3v) is 6.87. The van der Waals surface area contributed by atoms with Gasteiger partial charge in [-0.2, -0.15) is 0 Å². The lowest BCUT2D eigenvalue weighted by Crippen LogP contribution is -2.56. The van der Waals surface area contributed by atoms with Crippen LogP contribution in [0.1, 0.15) is 38.5 Å². The molecule has 4 saturated heterocycles. The van der Waals surface area contributed by atoms with Crippen LogP contribution in [-0.2, 0) is 0 Å². The minimum atomic E-state index is 0.741. The molecule has 4 heterocycles. The quantitative estimate of drug-likeness (QED) is 0.731.